The Morgan fingerprint density at radius 3 is 2.38 bits per heavy atom. The van der Waals surface area contributed by atoms with Crippen molar-refractivity contribution >= 4 is 0 Å². The van der Waals surface area contributed by atoms with Crippen LogP contribution in [0.2, 0.25) is 0 Å². The molecule has 72 valence electrons. The number of pyridine rings is 1. The van der Waals surface area contributed by atoms with Crippen LogP contribution in [0.15, 0.2) is 18.2 Å². The molecule has 0 atom stereocenters. The molecule has 0 radical (unpaired) electrons. The summed E-state index contributed by atoms with van der Waals surface area (Å²) in [5, 5.41) is 11.8. The number of nitrogens with zero attached hydrogens (tertiary/aromatic N) is 1. The summed E-state index contributed by atoms with van der Waals surface area (Å²) in [6.45, 7) is 8.15. The lowest BCUT2D eigenvalue weighted by Crippen LogP contribution is -2.41. The highest BCUT2D eigenvalue weighted by Gasteiger charge is 2.23. The average molecular weight is 179 g/mol. The minimum absolute atomic E-state index is 0.0765. The number of hydrogen-bond acceptors (Lipinski definition) is 1. The van der Waals surface area contributed by atoms with Crippen LogP contribution in [0.1, 0.15) is 39.1 Å². The number of rotatable bonds is 1. The molecule has 0 spiro atoms. The zero-order valence-electron chi connectivity index (χ0n) is 8.79. The van der Waals surface area contributed by atoms with Crippen LogP contribution in [0.4, 0.5) is 0 Å². The fraction of sp³-hybridized carbons (Fsp3) is 0.545. The molecule has 2 heteroatoms. The maximum atomic E-state index is 11.8. The summed E-state index contributed by atoms with van der Waals surface area (Å²) in [5.41, 5.74) is 1.60. The molecule has 0 fully saturated rings. The van der Waals surface area contributed by atoms with Crippen LogP contribution >= 0.6 is 0 Å². The molecule has 0 aliphatic heterocycles. The minimum atomic E-state index is -0.0765. The third kappa shape index (κ3) is 2.00. The van der Waals surface area contributed by atoms with Gasteiger partial charge < -0.3 is 5.21 Å². The van der Waals surface area contributed by atoms with Crippen molar-refractivity contribution in [1.82, 2.24) is 0 Å². The molecule has 0 unspecified atom stereocenters. The molecule has 0 bridgehead atoms. The van der Waals surface area contributed by atoms with E-state index in [9.17, 15) is 5.21 Å². The van der Waals surface area contributed by atoms with E-state index in [1.54, 1.807) is 0 Å². The predicted molar refractivity (Wildman–Crippen MR) is 53.5 cm³/mol. The highest BCUT2D eigenvalue weighted by Crippen LogP contribution is 2.18. The lowest BCUT2D eigenvalue weighted by atomic mass is 9.91. The maximum Gasteiger partial charge on any atom is 0.198 e. The molecule has 0 aliphatic carbocycles. The number of hydrogen-bond donors (Lipinski definition) is 0. The second kappa shape index (κ2) is 3.36. The number of aryl methyl sites for hydroxylation is 1. The Kier molecular flexibility index (Phi) is 2.60. The quantitative estimate of drug-likeness (QED) is 0.479. The molecule has 0 aromatic carbocycles. The van der Waals surface area contributed by atoms with Crippen LogP contribution in [0, 0.1) is 5.21 Å². The molecule has 0 N–H and O–H groups in total. The van der Waals surface area contributed by atoms with Gasteiger partial charge in [-0.2, -0.15) is 4.73 Å². The zero-order chi connectivity index (χ0) is 10.1. The molecular weight excluding hydrogens is 162 g/mol. The Morgan fingerprint density at radius 2 is 1.92 bits per heavy atom. The standard InChI is InChI=1S/C11H17NO/c1-5-9-7-6-8-10(12(9)13)11(2,3)4/h6-8H,5H2,1-4H3. The summed E-state index contributed by atoms with van der Waals surface area (Å²) in [6.07, 6.45) is 0.785. The van der Waals surface area contributed by atoms with Gasteiger partial charge in [0.25, 0.3) is 0 Å². The van der Waals surface area contributed by atoms with Gasteiger partial charge in [0.15, 0.2) is 11.4 Å². The monoisotopic (exact) mass is 179 g/mol. The largest absolute Gasteiger partial charge is 0.618 e. The first-order chi connectivity index (χ1) is 5.96. The molecule has 1 aromatic heterocycles. The van der Waals surface area contributed by atoms with Crippen molar-refractivity contribution in [3.05, 3.63) is 34.8 Å². The Bertz CT molecular complexity index is 299. The van der Waals surface area contributed by atoms with E-state index in [-0.39, 0.29) is 5.41 Å². The third-order valence-electron chi connectivity index (χ3n) is 2.15. The lowest BCUT2D eigenvalue weighted by Gasteiger charge is -2.18. The van der Waals surface area contributed by atoms with Crippen LogP contribution in [0.5, 0.6) is 0 Å². The second-order valence-corrected chi connectivity index (χ2v) is 4.30. The fourth-order valence-electron chi connectivity index (χ4n) is 1.36. The van der Waals surface area contributed by atoms with Crippen molar-refractivity contribution in [1.29, 1.82) is 0 Å². The van der Waals surface area contributed by atoms with E-state index in [1.807, 2.05) is 25.1 Å². The van der Waals surface area contributed by atoms with Gasteiger partial charge in [0.2, 0.25) is 0 Å². The van der Waals surface area contributed by atoms with Gasteiger partial charge in [-0.3, -0.25) is 0 Å². The van der Waals surface area contributed by atoms with Crippen LogP contribution < -0.4 is 4.73 Å². The molecule has 0 saturated heterocycles. The molecule has 0 aliphatic rings. The zero-order valence-corrected chi connectivity index (χ0v) is 8.79. The molecule has 1 rings (SSSR count). The van der Waals surface area contributed by atoms with Crippen molar-refractivity contribution in [2.24, 2.45) is 0 Å². The van der Waals surface area contributed by atoms with Crippen LogP contribution in [0.25, 0.3) is 0 Å². The van der Waals surface area contributed by atoms with E-state index >= 15 is 0 Å². The van der Waals surface area contributed by atoms with Gasteiger partial charge in [0, 0.05) is 24.0 Å². The molecule has 0 saturated carbocycles. The minimum Gasteiger partial charge on any atom is -0.618 e. The van der Waals surface area contributed by atoms with E-state index in [0.29, 0.717) is 0 Å². The second-order valence-electron chi connectivity index (χ2n) is 4.30. The van der Waals surface area contributed by atoms with E-state index in [4.69, 9.17) is 0 Å². The summed E-state index contributed by atoms with van der Waals surface area (Å²) in [4.78, 5) is 0. The summed E-state index contributed by atoms with van der Waals surface area (Å²) in [6, 6.07) is 5.72. The highest BCUT2D eigenvalue weighted by molar-refractivity contribution is 5.11. The van der Waals surface area contributed by atoms with Crippen molar-refractivity contribution in [3.63, 3.8) is 0 Å². The topological polar surface area (TPSA) is 26.9 Å². The van der Waals surface area contributed by atoms with Crippen LogP contribution in [-0.2, 0) is 11.8 Å². The van der Waals surface area contributed by atoms with E-state index < -0.39 is 0 Å². The predicted octanol–water partition coefficient (Wildman–Crippen LogP) is 2.18. The van der Waals surface area contributed by atoms with Crippen molar-refractivity contribution in [2.75, 3.05) is 0 Å². The normalized spacial score (nSPS) is 11.7. The van der Waals surface area contributed by atoms with Crippen LogP contribution in [-0.4, -0.2) is 0 Å². The first-order valence-corrected chi connectivity index (χ1v) is 4.68. The number of aromatic nitrogens is 1. The molecule has 1 aromatic rings. The van der Waals surface area contributed by atoms with Gasteiger partial charge in [0.1, 0.15) is 0 Å². The summed E-state index contributed by atoms with van der Waals surface area (Å²) >= 11 is 0. The van der Waals surface area contributed by atoms with Crippen molar-refractivity contribution in [2.45, 2.75) is 39.5 Å². The molecule has 0 amide bonds. The van der Waals surface area contributed by atoms with Gasteiger partial charge in [-0.25, -0.2) is 0 Å². The highest BCUT2D eigenvalue weighted by atomic mass is 16.5. The Labute approximate surface area is 79.8 Å². The van der Waals surface area contributed by atoms with Crippen molar-refractivity contribution in [3.8, 4) is 0 Å². The maximum absolute atomic E-state index is 11.8. The molecule has 13 heavy (non-hydrogen) atoms. The van der Waals surface area contributed by atoms with Crippen LogP contribution in [0.3, 0.4) is 0 Å². The van der Waals surface area contributed by atoms with Gasteiger partial charge in [0.05, 0.1) is 0 Å². The fourth-order valence-corrected chi connectivity index (χ4v) is 1.36. The van der Waals surface area contributed by atoms with Crippen molar-refractivity contribution < 1.29 is 4.73 Å². The first kappa shape index (κ1) is 10.0. The smallest absolute Gasteiger partial charge is 0.198 e. The SMILES string of the molecule is CCc1cccc(C(C)(C)C)[n+]1[O-]. The summed E-state index contributed by atoms with van der Waals surface area (Å²) < 4.78 is 1.06. The third-order valence-corrected chi connectivity index (χ3v) is 2.15. The van der Waals surface area contributed by atoms with E-state index in [1.165, 1.54) is 0 Å². The van der Waals surface area contributed by atoms with E-state index in [2.05, 4.69) is 20.8 Å². The lowest BCUT2D eigenvalue weighted by molar-refractivity contribution is -0.626. The summed E-state index contributed by atoms with van der Waals surface area (Å²) in [5.74, 6) is 0. The Hall–Kier alpha value is -1.05. The molecular formula is C11H17NO. The van der Waals surface area contributed by atoms with E-state index in [0.717, 1.165) is 22.5 Å². The van der Waals surface area contributed by atoms with Gasteiger partial charge >= 0.3 is 0 Å². The molecule has 2 nitrogen and oxygen atoms in total. The Balaban J connectivity index is 3.24. The Morgan fingerprint density at radius 1 is 1.31 bits per heavy atom. The van der Waals surface area contributed by atoms with Gasteiger partial charge in [-0.1, -0.05) is 27.7 Å². The molecule has 1 heterocycles. The van der Waals surface area contributed by atoms with Gasteiger partial charge in [-0.15, -0.1) is 0 Å². The summed E-state index contributed by atoms with van der Waals surface area (Å²) in [7, 11) is 0. The average Bonchev–Trinajstić information content (AvgIpc) is 2.02. The first-order valence-electron chi connectivity index (χ1n) is 4.68. The van der Waals surface area contributed by atoms with Gasteiger partial charge in [-0.05, 0) is 6.07 Å².